The molecule has 0 saturated carbocycles. The Balaban J connectivity index is 2.03. The molecule has 3 rings (SSSR count). The van der Waals surface area contributed by atoms with Gasteiger partial charge in [0, 0.05) is 15.2 Å². The van der Waals surface area contributed by atoms with Crippen molar-refractivity contribution >= 4 is 39.1 Å². The Labute approximate surface area is 136 Å². The van der Waals surface area contributed by atoms with Crippen LogP contribution in [-0.2, 0) is 11.2 Å². The first kappa shape index (κ1) is 14.6. The first-order valence-electron chi connectivity index (χ1n) is 6.63. The van der Waals surface area contributed by atoms with Crippen LogP contribution in [-0.4, -0.2) is 13.0 Å². The molecule has 1 aliphatic rings. The minimum atomic E-state index is -0.0176. The van der Waals surface area contributed by atoms with Gasteiger partial charge in [0.05, 0.1) is 12.5 Å². The second-order valence-electron chi connectivity index (χ2n) is 5.03. The fourth-order valence-corrected chi connectivity index (χ4v) is 3.27. The summed E-state index contributed by atoms with van der Waals surface area (Å²) in [7, 11) is 1.90. The molecule has 0 aliphatic carbocycles. The number of nitrogens with one attached hydrogen (secondary N) is 2. The van der Waals surface area contributed by atoms with E-state index < -0.39 is 0 Å². The van der Waals surface area contributed by atoms with E-state index in [4.69, 9.17) is 11.6 Å². The third kappa shape index (κ3) is 2.84. The van der Waals surface area contributed by atoms with Gasteiger partial charge in [0.1, 0.15) is 0 Å². The van der Waals surface area contributed by atoms with Gasteiger partial charge in [0.15, 0.2) is 0 Å². The molecular formula is C16H14BrClN2O. The topological polar surface area (TPSA) is 41.1 Å². The van der Waals surface area contributed by atoms with Gasteiger partial charge < -0.3 is 10.6 Å². The van der Waals surface area contributed by atoms with E-state index >= 15 is 0 Å². The second kappa shape index (κ2) is 5.79. The van der Waals surface area contributed by atoms with Gasteiger partial charge in [-0.3, -0.25) is 4.79 Å². The van der Waals surface area contributed by atoms with E-state index in [-0.39, 0.29) is 11.9 Å². The van der Waals surface area contributed by atoms with Crippen LogP contribution < -0.4 is 10.6 Å². The highest BCUT2D eigenvalue weighted by Gasteiger charge is 2.21. The third-order valence-corrected chi connectivity index (χ3v) is 4.48. The smallest absolute Gasteiger partial charge is 0.228 e. The minimum absolute atomic E-state index is 0.0176. The Kier molecular flexibility index (Phi) is 4.02. The van der Waals surface area contributed by atoms with Gasteiger partial charge in [-0.25, -0.2) is 0 Å². The molecule has 0 bridgehead atoms. The summed E-state index contributed by atoms with van der Waals surface area (Å²) < 4.78 is 0.986. The first-order chi connectivity index (χ1) is 10.1. The number of halogens is 2. The SMILES string of the molecule is CNC(c1ccc2c(c1)CC(=O)N2)c1cc(Br)ccc1Cl. The number of hydrogen-bond acceptors (Lipinski definition) is 2. The van der Waals surface area contributed by atoms with E-state index in [0.29, 0.717) is 11.4 Å². The van der Waals surface area contributed by atoms with Crippen LogP contribution in [0.1, 0.15) is 22.7 Å². The summed E-state index contributed by atoms with van der Waals surface area (Å²) in [6, 6.07) is 11.8. The van der Waals surface area contributed by atoms with Gasteiger partial charge in [-0.05, 0) is 48.0 Å². The van der Waals surface area contributed by atoms with E-state index in [1.807, 2.05) is 37.4 Å². The van der Waals surface area contributed by atoms with E-state index in [0.717, 1.165) is 26.9 Å². The normalized spacial score (nSPS) is 14.7. The maximum atomic E-state index is 11.5. The highest BCUT2D eigenvalue weighted by atomic mass is 79.9. The number of anilines is 1. The maximum absolute atomic E-state index is 11.5. The predicted octanol–water partition coefficient (Wildman–Crippen LogP) is 3.91. The lowest BCUT2D eigenvalue weighted by atomic mass is 9.96. The van der Waals surface area contributed by atoms with Crippen LogP contribution in [0.3, 0.4) is 0 Å². The molecule has 2 aromatic carbocycles. The van der Waals surface area contributed by atoms with Crippen LogP contribution in [0, 0.1) is 0 Å². The molecule has 0 aromatic heterocycles. The van der Waals surface area contributed by atoms with Crippen LogP contribution in [0.4, 0.5) is 5.69 Å². The molecule has 1 heterocycles. The number of hydrogen-bond donors (Lipinski definition) is 2. The monoisotopic (exact) mass is 364 g/mol. The van der Waals surface area contributed by atoms with Crippen molar-refractivity contribution in [2.24, 2.45) is 0 Å². The zero-order valence-electron chi connectivity index (χ0n) is 11.4. The van der Waals surface area contributed by atoms with Crippen molar-refractivity contribution in [2.45, 2.75) is 12.5 Å². The van der Waals surface area contributed by atoms with Crippen molar-refractivity contribution in [3.8, 4) is 0 Å². The second-order valence-corrected chi connectivity index (χ2v) is 6.35. The standard InChI is InChI=1S/C16H14BrClN2O/c1-19-16(12-8-11(17)3-4-13(12)18)9-2-5-14-10(6-9)7-15(21)20-14/h2-6,8,16,19H,7H2,1H3,(H,20,21). The highest BCUT2D eigenvalue weighted by Crippen LogP contribution is 2.33. The molecule has 1 amide bonds. The summed E-state index contributed by atoms with van der Waals surface area (Å²) in [5.74, 6) is 0.0450. The van der Waals surface area contributed by atoms with E-state index in [2.05, 4.69) is 32.6 Å². The fraction of sp³-hybridized carbons (Fsp3) is 0.188. The summed E-state index contributed by atoms with van der Waals surface area (Å²) in [5.41, 5.74) is 4.03. The Morgan fingerprint density at radius 3 is 2.86 bits per heavy atom. The molecule has 0 fully saturated rings. The van der Waals surface area contributed by atoms with E-state index in [9.17, 15) is 4.79 Å². The molecule has 5 heteroatoms. The lowest BCUT2D eigenvalue weighted by Crippen LogP contribution is -2.18. The number of carbonyl (C=O) groups is 1. The Morgan fingerprint density at radius 1 is 1.29 bits per heavy atom. The largest absolute Gasteiger partial charge is 0.326 e. The number of benzene rings is 2. The minimum Gasteiger partial charge on any atom is -0.326 e. The van der Waals surface area contributed by atoms with Crippen molar-refractivity contribution < 1.29 is 4.79 Å². The molecule has 0 saturated heterocycles. The molecule has 1 atom stereocenters. The first-order valence-corrected chi connectivity index (χ1v) is 7.80. The van der Waals surface area contributed by atoms with Crippen LogP contribution in [0.25, 0.3) is 0 Å². The quantitative estimate of drug-likeness (QED) is 0.866. The Morgan fingerprint density at radius 2 is 2.10 bits per heavy atom. The van der Waals surface area contributed by atoms with Crippen molar-refractivity contribution in [2.75, 3.05) is 12.4 Å². The summed E-state index contributed by atoms with van der Waals surface area (Å²) in [4.78, 5) is 11.5. The Hall–Kier alpha value is -1.36. The van der Waals surface area contributed by atoms with Crippen LogP contribution in [0.2, 0.25) is 5.02 Å². The molecule has 1 unspecified atom stereocenters. The summed E-state index contributed by atoms with van der Waals surface area (Å²) in [6.07, 6.45) is 0.436. The van der Waals surface area contributed by atoms with Crippen molar-refractivity contribution in [1.82, 2.24) is 5.32 Å². The van der Waals surface area contributed by atoms with Crippen LogP contribution in [0.15, 0.2) is 40.9 Å². The van der Waals surface area contributed by atoms with Crippen LogP contribution in [0.5, 0.6) is 0 Å². The van der Waals surface area contributed by atoms with Gasteiger partial charge >= 0.3 is 0 Å². The van der Waals surface area contributed by atoms with Crippen molar-refractivity contribution in [3.05, 3.63) is 62.6 Å². The number of amides is 1. The molecule has 2 aromatic rings. The maximum Gasteiger partial charge on any atom is 0.228 e. The lowest BCUT2D eigenvalue weighted by molar-refractivity contribution is -0.115. The number of rotatable bonds is 3. The van der Waals surface area contributed by atoms with Crippen LogP contribution >= 0.6 is 27.5 Å². The number of fused-ring (bicyclic) bond motifs is 1. The number of carbonyl (C=O) groups excluding carboxylic acids is 1. The van der Waals surface area contributed by atoms with Gasteiger partial charge in [-0.1, -0.05) is 39.7 Å². The average Bonchev–Trinajstić information content (AvgIpc) is 2.83. The van der Waals surface area contributed by atoms with E-state index in [1.54, 1.807) is 0 Å². The summed E-state index contributed by atoms with van der Waals surface area (Å²) >= 11 is 9.82. The van der Waals surface area contributed by atoms with Gasteiger partial charge in [-0.2, -0.15) is 0 Å². The zero-order valence-corrected chi connectivity index (χ0v) is 13.8. The molecule has 108 valence electrons. The zero-order chi connectivity index (χ0) is 15.0. The molecule has 1 aliphatic heterocycles. The van der Waals surface area contributed by atoms with Gasteiger partial charge in [0.25, 0.3) is 0 Å². The van der Waals surface area contributed by atoms with Crippen molar-refractivity contribution in [3.63, 3.8) is 0 Å². The summed E-state index contributed by atoms with van der Waals surface area (Å²) in [5, 5.41) is 6.86. The molecule has 3 nitrogen and oxygen atoms in total. The molecule has 0 radical (unpaired) electrons. The molecule has 21 heavy (non-hydrogen) atoms. The third-order valence-electron chi connectivity index (χ3n) is 3.65. The Bertz CT molecular complexity index is 717. The molecule has 2 N–H and O–H groups in total. The van der Waals surface area contributed by atoms with Gasteiger partial charge in [-0.15, -0.1) is 0 Å². The van der Waals surface area contributed by atoms with Gasteiger partial charge in [0.2, 0.25) is 5.91 Å². The lowest BCUT2D eigenvalue weighted by Gasteiger charge is -2.19. The molecule has 0 spiro atoms. The fourth-order valence-electron chi connectivity index (χ4n) is 2.67. The molecular weight excluding hydrogens is 352 g/mol. The predicted molar refractivity (Wildman–Crippen MR) is 88.8 cm³/mol. The summed E-state index contributed by atoms with van der Waals surface area (Å²) in [6.45, 7) is 0. The average molecular weight is 366 g/mol. The highest BCUT2D eigenvalue weighted by molar-refractivity contribution is 9.10. The van der Waals surface area contributed by atoms with Crippen molar-refractivity contribution in [1.29, 1.82) is 0 Å². The van der Waals surface area contributed by atoms with E-state index in [1.165, 1.54) is 0 Å².